The number of benzene rings is 1. The maximum Gasteiger partial charge on any atom is 0.133 e. The molecule has 0 saturated heterocycles. The molecule has 2 aromatic rings. The van der Waals surface area contributed by atoms with E-state index >= 15 is 0 Å². The second kappa shape index (κ2) is 7.07. The summed E-state index contributed by atoms with van der Waals surface area (Å²) in [6, 6.07) is 8.34. The zero-order chi connectivity index (χ0) is 14.7. The lowest BCUT2D eigenvalue weighted by Gasteiger charge is -2.09. The summed E-state index contributed by atoms with van der Waals surface area (Å²) in [7, 11) is 0. The molecule has 0 radical (unpaired) electrons. The molecule has 0 amide bonds. The average Bonchev–Trinajstić information content (AvgIpc) is 2.71. The molecule has 21 heavy (non-hydrogen) atoms. The molecule has 1 N–H and O–H groups in total. The number of halogens is 1. The Kier molecular flexibility index (Phi) is 5.14. The molecule has 0 saturated carbocycles. The molecule has 0 bridgehead atoms. The smallest absolute Gasteiger partial charge is 0.133 e. The van der Waals surface area contributed by atoms with Gasteiger partial charge >= 0.3 is 0 Å². The Labute approximate surface area is 142 Å². The molecular formula is C16H17BrN2S2. The van der Waals surface area contributed by atoms with Crippen LogP contribution in [0.15, 0.2) is 33.6 Å². The van der Waals surface area contributed by atoms with E-state index in [2.05, 4.69) is 44.1 Å². The minimum absolute atomic E-state index is 0.801. The fourth-order valence-corrected chi connectivity index (χ4v) is 4.34. The molecule has 0 atom stereocenters. The van der Waals surface area contributed by atoms with Gasteiger partial charge in [0.05, 0.1) is 5.75 Å². The number of aromatic amines is 1. The molecule has 0 aliphatic heterocycles. The zero-order valence-corrected chi connectivity index (χ0v) is 14.9. The first-order valence-electron chi connectivity index (χ1n) is 7.22. The number of aromatic nitrogens is 2. The molecule has 0 unspecified atom stereocenters. The maximum absolute atomic E-state index is 5.49. The van der Waals surface area contributed by atoms with Crippen LogP contribution in [0.25, 0.3) is 0 Å². The van der Waals surface area contributed by atoms with Gasteiger partial charge in [-0.25, -0.2) is 4.98 Å². The number of fused-ring (bicyclic) bond motifs is 1. The van der Waals surface area contributed by atoms with Crippen molar-refractivity contribution in [3.8, 4) is 0 Å². The van der Waals surface area contributed by atoms with Crippen LogP contribution in [0.1, 0.15) is 36.3 Å². The molecule has 3 rings (SSSR count). The number of thioether (sulfide) groups is 1. The summed E-state index contributed by atoms with van der Waals surface area (Å²) in [6.45, 7) is 0. The van der Waals surface area contributed by atoms with Gasteiger partial charge in [0.25, 0.3) is 0 Å². The van der Waals surface area contributed by atoms with Crippen LogP contribution in [0.3, 0.4) is 0 Å². The zero-order valence-electron chi connectivity index (χ0n) is 11.7. The third-order valence-electron chi connectivity index (χ3n) is 3.68. The molecule has 2 nitrogen and oxygen atoms in total. The van der Waals surface area contributed by atoms with Gasteiger partial charge in [-0.2, -0.15) is 0 Å². The van der Waals surface area contributed by atoms with E-state index in [1.54, 1.807) is 11.8 Å². The Morgan fingerprint density at radius 2 is 2.10 bits per heavy atom. The Morgan fingerprint density at radius 3 is 2.95 bits per heavy atom. The second-order valence-electron chi connectivity index (χ2n) is 5.25. The molecule has 1 aromatic carbocycles. The number of rotatable bonds is 3. The fraction of sp³-hybridized carbons (Fsp3) is 0.375. The molecular weight excluding hydrogens is 364 g/mol. The highest BCUT2D eigenvalue weighted by Crippen LogP contribution is 2.26. The quantitative estimate of drug-likeness (QED) is 0.435. The lowest BCUT2D eigenvalue weighted by molar-refractivity contribution is 0.708. The van der Waals surface area contributed by atoms with Crippen molar-refractivity contribution in [2.45, 2.75) is 42.8 Å². The number of nitrogens with one attached hydrogen (secondary N) is 1. The van der Waals surface area contributed by atoms with Crippen molar-refractivity contribution >= 4 is 39.9 Å². The van der Waals surface area contributed by atoms with Crippen LogP contribution < -0.4 is 0 Å². The summed E-state index contributed by atoms with van der Waals surface area (Å²) in [5, 5.41) is 0. The third kappa shape index (κ3) is 3.96. The maximum atomic E-state index is 5.49. The number of hydrogen-bond donors (Lipinski definition) is 1. The molecule has 1 aliphatic carbocycles. The predicted octanol–water partition coefficient (Wildman–Crippen LogP) is 5.46. The summed E-state index contributed by atoms with van der Waals surface area (Å²) >= 11 is 10.8. The van der Waals surface area contributed by atoms with E-state index < -0.39 is 0 Å². The summed E-state index contributed by atoms with van der Waals surface area (Å²) in [5.41, 5.74) is 2.59. The Bertz CT molecular complexity index is 697. The summed E-state index contributed by atoms with van der Waals surface area (Å²) in [5.74, 6) is 1.82. The van der Waals surface area contributed by atoms with E-state index in [-0.39, 0.29) is 0 Å². The van der Waals surface area contributed by atoms with E-state index in [0.717, 1.165) is 33.5 Å². The van der Waals surface area contributed by atoms with Crippen LogP contribution in [-0.4, -0.2) is 9.97 Å². The van der Waals surface area contributed by atoms with Gasteiger partial charge in [0.15, 0.2) is 0 Å². The van der Waals surface area contributed by atoms with Crippen LogP contribution in [0.4, 0.5) is 0 Å². The standard InChI is InChI=1S/C16H17BrN2S2/c17-11-5-4-6-12(9-11)21-10-15-18-14-8-3-1-2-7-13(14)16(20)19-15/h4-6,9H,1-3,7-8,10H2,(H,18,19,20). The van der Waals surface area contributed by atoms with Crippen molar-refractivity contribution < 1.29 is 0 Å². The van der Waals surface area contributed by atoms with Crippen molar-refractivity contribution in [1.82, 2.24) is 9.97 Å². The number of hydrogen-bond acceptors (Lipinski definition) is 3. The minimum atomic E-state index is 0.801. The van der Waals surface area contributed by atoms with Crippen molar-refractivity contribution in [3.63, 3.8) is 0 Å². The minimum Gasteiger partial charge on any atom is -0.346 e. The molecule has 0 fully saturated rings. The van der Waals surface area contributed by atoms with Gasteiger partial charge < -0.3 is 4.98 Å². The second-order valence-corrected chi connectivity index (χ2v) is 7.60. The van der Waals surface area contributed by atoms with E-state index in [1.807, 2.05) is 6.07 Å². The first-order chi connectivity index (χ1) is 10.2. The molecule has 1 aliphatic rings. The van der Waals surface area contributed by atoms with Gasteiger partial charge in [0, 0.05) is 20.6 Å². The lowest BCUT2D eigenvalue weighted by atomic mass is 10.1. The normalized spacial score (nSPS) is 14.5. The summed E-state index contributed by atoms with van der Waals surface area (Å²) < 4.78 is 1.91. The highest BCUT2D eigenvalue weighted by Gasteiger charge is 2.12. The van der Waals surface area contributed by atoms with E-state index in [4.69, 9.17) is 12.2 Å². The Morgan fingerprint density at radius 1 is 1.24 bits per heavy atom. The van der Waals surface area contributed by atoms with Gasteiger partial charge in [-0.3, -0.25) is 0 Å². The monoisotopic (exact) mass is 380 g/mol. The van der Waals surface area contributed by atoms with Crippen LogP contribution in [0.5, 0.6) is 0 Å². The molecule has 0 spiro atoms. The number of H-pyrrole nitrogens is 1. The van der Waals surface area contributed by atoms with Gasteiger partial charge in [-0.05, 0) is 43.9 Å². The SMILES string of the molecule is S=c1nc(CSc2cccc(Br)c2)[nH]c2c1CCCCC2. The predicted molar refractivity (Wildman–Crippen MR) is 94.4 cm³/mol. The molecule has 1 heterocycles. The number of aryl methyl sites for hydroxylation is 1. The first kappa shape index (κ1) is 15.3. The third-order valence-corrected chi connectivity index (χ3v) is 5.52. The van der Waals surface area contributed by atoms with Crippen molar-refractivity contribution in [2.24, 2.45) is 0 Å². The van der Waals surface area contributed by atoms with Gasteiger partial charge in [-0.1, -0.05) is 40.6 Å². The topological polar surface area (TPSA) is 28.7 Å². The Balaban J connectivity index is 1.78. The van der Waals surface area contributed by atoms with E-state index in [1.165, 1.54) is 35.4 Å². The molecule has 5 heteroatoms. The van der Waals surface area contributed by atoms with Crippen molar-refractivity contribution in [1.29, 1.82) is 0 Å². The van der Waals surface area contributed by atoms with Crippen LogP contribution in [0.2, 0.25) is 0 Å². The van der Waals surface area contributed by atoms with Crippen LogP contribution in [0, 0.1) is 4.64 Å². The van der Waals surface area contributed by atoms with E-state index in [0.29, 0.717) is 0 Å². The van der Waals surface area contributed by atoms with Crippen LogP contribution in [-0.2, 0) is 18.6 Å². The summed E-state index contributed by atoms with van der Waals surface area (Å²) in [6.07, 6.45) is 5.96. The average molecular weight is 381 g/mol. The summed E-state index contributed by atoms with van der Waals surface area (Å²) in [4.78, 5) is 9.35. The first-order valence-corrected chi connectivity index (χ1v) is 9.40. The fourth-order valence-electron chi connectivity index (χ4n) is 2.63. The van der Waals surface area contributed by atoms with Crippen LogP contribution >= 0.6 is 39.9 Å². The van der Waals surface area contributed by atoms with Gasteiger partial charge in [-0.15, -0.1) is 11.8 Å². The molecule has 1 aromatic heterocycles. The van der Waals surface area contributed by atoms with Crippen molar-refractivity contribution in [2.75, 3.05) is 0 Å². The lowest BCUT2D eigenvalue weighted by Crippen LogP contribution is -2.03. The van der Waals surface area contributed by atoms with Gasteiger partial charge in [0.2, 0.25) is 0 Å². The highest BCUT2D eigenvalue weighted by molar-refractivity contribution is 9.10. The van der Waals surface area contributed by atoms with Crippen molar-refractivity contribution in [3.05, 3.63) is 50.5 Å². The Hall–Kier alpha value is -0.650. The van der Waals surface area contributed by atoms with Gasteiger partial charge in [0.1, 0.15) is 10.5 Å². The number of nitrogens with zero attached hydrogens (tertiary/aromatic N) is 1. The highest BCUT2D eigenvalue weighted by atomic mass is 79.9. The largest absolute Gasteiger partial charge is 0.346 e. The molecule has 110 valence electrons. The van der Waals surface area contributed by atoms with E-state index in [9.17, 15) is 0 Å².